The minimum Gasteiger partial charge on any atom is -0.493 e. The Morgan fingerprint density at radius 2 is 1.94 bits per heavy atom. The Bertz CT molecular complexity index is 1340. The van der Waals surface area contributed by atoms with Gasteiger partial charge in [0, 0.05) is 16.0 Å². The van der Waals surface area contributed by atoms with Crippen molar-refractivity contribution in [2.45, 2.75) is 20.4 Å². The zero-order valence-electron chi connectivity index (χ0n) is 17.7. The van der Waals surface area contributed by atoms with Gasteiger partial charge in [-0.1, -0.05) is 42.5 Å². The third-order valence-corrected chi connectivity index (χ3v) is 5.86. The van der Waals surface area contributed by atoms with Gasteiger partial charge < -0.3 is 4.74 Å². The van der Waals surface area contributed by atoms with Gasteiger partial charge in [-0.25, -0.2) is 10.4 Å². The van der Waals surface area contributed by atoms with Crippen molar-refractivity contribution < 1.29 is 9.53 Å². The quantitative estimate of drug-likeness (QED) is 0.344. The first-order chi connectivity index (χ1) is 15.6. The largest absolute Gasteiger partial charge is 0.493 e. The van der Waals surface area contributed by atoms with E-state index in [2.05, 4.69) is 15.5 Å². The van der Waals surface area contributed by atoms with E-state index >= 15 is 0 Å². The number of fused-ring (bicyclic) bond motifs is 1. The van der Waals surface area contributed by atoms with Crippen molar-refractivity contribution in [1.82, 2.24) is 15.0 Å². The van der Waals surface area contributed by atoms with Crippen LogP contribution in [0.3, 0.4) is 0 Å². The maximum atomic E-state index is 13.2. The third kappa shape index (κ3) is 4.45. The molecule has 0 saturated heterocycles. The predicted octanol–water partition coefficient (Wildman–Crippen LogP) is 3.98. The van der Waals surface area contributed by atoms with Crippen LogP contribution in [0.4, 0.5) is 0 Å². The van der Waals surface area contributed by atoms with Crippen molar-refractivity contribution in [3.63, 3.8) is 0 Å². The van der Waals surface area contributed by atoms with Gasteiger partial charge in [-0.2, -0.15) is 5.10 Å². The standard InChI is InChI=1S/C24H22N4O3S/c1-3-31-19-12-8-7-11-18(19)13-26-27-20(29)14-28-15-25-23-22(24(28)30)21(16(2)32-23)17-9-5-4-6-10-17/h4-13,15H,3,14H2,1-2H3,(H,27,29)/b26-13-. The Labute approximate surface area is 189 Å². The Balaban J connectivity index is 1.55. The first-order valence-corrected chi connectivity index (χ1v) is 11.0. The highest BCUT2D eigenvalue weighted by Gasteiger charge is 2.17. The monoisotopic (exact) mass is 446 g/mol. The number of thiophene rings is 1. The molecule has 0 unspecified atom stereocenters. The van der Waals surface area contributed by atoms with E-state index in [4.69, 9.17) is 4.74 Å². The third-order valence-electron chi connectivity index (χ3n) is 4.84. The molecule has 0 atom stereocenters. The van der Waals surface area contributed by atoms with Crippen LogP contribution in [0.25, 0.3) is 21.3 Å². The van der Waals surface area contributed by atoms with E-state index in [1.54, 1.807) is 0 Å². The number of nitrogens with zero attached hydrogens (tertiary/aromatic N) is 3. The fourth-order valence-electron chi connectivity index (χ4n) is 3.44. The normalized spacial score (nSPS) is 11.2. The summed E-state index contributed by atoms with van der Waals surface area (Å²) in [5.41, 5.74) is 4.78. The maximum Gasteiger partial charge on any atom is 0.263 e. The van der Waals surface area contributed by atoms with Gasteiger partial charge in [-0.15, -0.1) is 11.3 Å². The van der Waals surface area contributed by atoms with Crippen LogP contribution in [0.2, 0.25) is 0 Å². The molecule has 0 spiro atoms. The number of benzene rings is 2. The number of aromatic nitrogens is 2. The Hall–Kier alpha value is -3.78. The van der Waals surface area contributed by atoms with Gasteiger partial charge >= 0.3 is 0 Å². The molecule has 7 nitrogen and oxygen atoms in total. The summed E-state index contributed by atoms with van der Waals surface area (Å²) in [6.45, 7) is 4.22. The number of aryl methyl sites for hydroxylation is 1. The molecule has 4 aromatic rings. The number of rotatable bonds is 7. The maximum absolute atomic E-state index is 13.2. The van der Waals surface area contributed by atoms with Crippen LogP contribution < -0.4 is 15.7 Å². The average molecular weight is 447 g/mol. The van der Waals surface area contributed by atoms with Gasteiger partial charge in [0.1, 0.15) is 17.1 Å². The number of carbonyl (C=O) groups is 1. The van der Waals surface area contributed by atoms with Crippen molar-refractivity contribution in [3.05, 3.63) is 81.7 Å². The molecule has 0 saturated carbocycles. The Kier molecular flexibility index (Phi) is 6.42. The fourth-order valence-corrected chi connectivity index (χ4v) is 4.44. The van der Waals surface area contributed by atoms with E-state index in [9.17, 15) is 9.59 Å². The average Bonchev–Trinajstić information content (AvgIpc) is 3.14. The number of carbonyl (C=O) groups excluding carboxylic acids is 1. The fraction of sp³-hybridized carbons (Fsp3) is 0.167. The van der Waals surface area contributed by atoms with E-state index in [0.29, 0.717) is 22.6 Å². The molecule has 0 radical (unpaired) electrons. The van der Waals surface area contributed by atoms with Gasteiger partial charge in [-0.05, 0) is 31.5 Å². The van der Waals surface area contributed by atoms with Crippen molar-refractivity contribution in [2.75, 3.05) is 6.61 Å². The number of para-hydroxylation sites is 1. The molecule has 2 heterocycles. The highest BCUT2D eigenvalue weighted by Crippen LogP contribution is 2.35. The molecule has 0 aliphatic carbocycles. The van der Waals surface area contributed by atoms with E-state index in [-0.39, 0.29) is 12.1 Å². The summed E-state index contributed by atoms with van der Waals surface area (Å²) >= 11 is 1.47. The van der Waals surface area contributed by atoms with E-state index in [1.165, 1.54) is 28.4 Å². The molecular weight excluding hydrogens is 424 g/mol. The number of amides is 1. The predicted molar refractivity (Wildman–Crippen MR) is 127 cm³/mol. The highest BCUT2D eigenvalue weighted by molar-refractivity contribution is 7.19. The number of nitrogens with one attached hydrogen (secondary N) is 1. The summed E-state index contributed by atoms with van der Waals surface area (Å²) in [6, 6.07) is 17.1. The van der Waals surface area contributed by atoms with Crippen molar-refractivity contribution in [3.8, 4) is 16.9 Å². The van der Waals surface area contributed by atoms with Crippen LogP contribution in [0, 0.1) is 6.92 Å². The zero-order valence-corrected chi connectivity index (χ0v) is 18.6. The van der Waals surface area contributed by atoms with Gasteiger partial charge in [-0.3, -0.25) is 14.2 Å². The first kappa shape index (κ1) is 21.5. The molecule has 0 aliphatic heterocycles. The second kappa shape index (κ2) is 9.57. The molecular formula is C24H22N4O3S. The van der Waals surface area contributed by atoms with Crippen LogP contribution in [-0.4, -0.2) is 28.3 Å². The first-order valence-electron chi connectivity index (χ1n) is 10.2. The van der Waals surface area contributed by atoms with Crippen molar-refractivity contribution >= 4 is 33.7 Å². The van der Waals surface area contributed by atoms with Crippen LogP contribution in [0.1, 0.15) is 17.4 Å². The van der Waals surface area contributed by atoms with Crippen LogP contribution in [-0.2, 0) is 11.3 Å². The lowest BCUT2D eigenvalue weighted by Gasteiger charge is -2.07. The van der Waals surface area contributed by atoms with Gasteiger partial charge in [0.2, 0.25) is 0 Å². The number of hydrogen-bond donors (Lipinski definition) is 1. The molecule has 2 aromatic carbocycles. The summed E-state index contributed by atoms with van der Waals surface area (Å²) in [5.74, 6) is 0.256. The van der Waals surface area contributed by atoms with Gasteiger partial charge in [0.25, 0.3) is 11.5 Å². The number of hydrogen-bond acceptors (Lipinski definition) is 6. The second-order valence-electron chi connectivity index (χ2n) is 7.02. The van der Waals surface area contributed by atoms with Gasteiger partial charge in [0.15, 0.2) is 0 Å². The number of ether oxygens (including phenoxy) is 1. The molecule has 0 bridgehead atoms. The molecule has 0 fully saturated rings. The van der Waals surface area contributed by atoms with E-state index < -0.39 is 5.91 Å². The summed E-state index contributed by atoms with van der Waals surface area (Å²) in [6.07, 6.45) is 2.92. The molecule has 32 heavy (non-hydrogen) atoms. The number of hydrazone groups is 1. The molecule has 8 heteroatoms. The van der Waals surface area contributed by atoms with E-state index in [1.807, 2.05) is 68.4 Å². The minimum absolute atomic E-state index is 0.185. The molecule has 1 N–H and O–H groups in total. The lowest BCUT2D eigenvalue weighted by Crippen LogP contribution is -2.30. The topological polar surface area (TPSA) is 85.6 Å². The SMILES string of the molecule is CCOc1ccccc1/C=N\NC(=O)Cn1cnc2sc(C)c(-c3ccccc3)c2c1=O. The molecule has 1 amide bonds. The molecule has 4 rings (SSSR count). The van der Waals surface area contributed by atoms with Crippen LogP contribution in [0.15, 0.2) is 70.8 Å². The van der Waals surface area contributed by atoms with Gasteiger partial charge in [0.05, 0.1) is 24.5 Å². The lowest BCUT2D eigenvalue weighted by atomic mass is 10.0. The van der Waals surface area contributed by atoms with Crippen molar-refractivity contribution in [1.29, 1.82) is 0 Å². The van der Waals surface area contributed by atoms with Crippen molar-refractivity contribution in [2.24, 2.45) is 5.10 Å². The van der Waals surface area contributed by atoms with Crippen LogP contribution >= 0.6 is 11.3 Å². The summed E-state index contributed by atoms with van der Waals surface area (Å²) in [7, 11) is 0. The summed E-state index contributed by atoms with van der Waals surface area (Å²) in [4.78, 5) is 31.7. The Morgan fingerprint density at radius 3 is 2.72 bits per heavy atom. The van der Waals surface area contributed by atoms with Crippen LogP contribution in [0.5, 0.6) is 5.75 Å². The molecule has 2 aromatic heterocycles. The molecule has 0 aliphatic rings. The smallest absolute Gasteiger partial charge is 0.263 e. The minimum atomic E-state index is -0.424. The summed E-state index contributed by atoms with van der Waals surface area (Å²) in [5, 5.41) is 4.53. The zero-order chi connectivity index (χ0) is 22.5. The second-order valence-corrected chi connectivity index (χ2v) is 8.22. The lowest BCUT2D eigenvalue weighted by molar-refractivity contribution is -0.121. The highest BCUT2D eigenvalue weighted by atomic mass is 32.1. The Morgan fingerprint density at radius 1 is 1.19 bits per heavy atom. The van der Waals surface area contributed by atoms with E-state index in [0.717, 1.165) is 21.6 Å². The summed E-state index contributed by atoms with van der Waals surface area (Å²) < 4.78 is 6.85. The molecule has 162 valence electrons.